The summed E-state index contributed by atoms with van der Waals surface area (Å²) in [6.07, 6.45) is 8.82. The van der Waals surface area contributed by atoms with Crippen LogP contribution in [0, 0.1) is 5.82 Å². The number of aromatic nitrogens is 2. The number of imidazole rings is 1. The summed E-state index contributed by atoms with van der Waals surface area (Å²) in [4.78, 5) is 18.9. The number of hydrogen-bond donors (Lipinski definition) is 2. The number of piperidine rings is 1. The van der Waals surface area contributed by atoms with Crippen molar-refractivity contribution in [3.05, 3.63) is 115 Å². The van der Waals surface area contributed by atoms with Crippen LogP contribution in [0.15, 0.2) is 97.6 Å². The molecular formula is C30H32FN5O. The Morgan fingerprint density at radius 3 is 2.41 bits per heavy atom. The van der Waals surface area contributed by atoms with Gasteiger partial charge in [0.2, 0.25) is 0 Å². The summed E-state index contributed by atoms with van der Waals surface area (Å²) in [5.74, 6) is -0.969. The van der Waals surface area contributed by atoms with Gasteiger partial charge in [-0.1, -0.05) is 42.5 Å². The van der Waals surface area contributed by atoms with Crippen LogP contribution in [-0.2, 0) is 6.54 Å². The molecule has 1 saturated heterocycles. The van der Waals surface area contributed by atoms with Crippen molar-refractivity contribution >= 4 is 17.3 Å². The number of rotatable bonds is 9. The van der Waals surface area contributed by atoms with Crippen LogP contribution in [0.1, 0.15) is 41.2 Å². The molecule has 0 bridgehead atoms. The molecule has 6 nitrogen and oxygen atoms in total. The highest BCUT2D eigenvalue weighted by Gasteiger charge is 2.23. The first-order valence-electron chi connectivity index (χ1n) is 12.8. The molecule has 190 valence electrons. The van der Waals surface area contributed by atoms with Gasteiger partial charge < -0.3 is 20.1 Å². The number of carbonyl (C=O) groups is 1. The van der Waals surface area contributed by atoms with Gasteiger partial charge in [0, 0.05) is 55.5 Å². The number of benzene rings is 3. The number of hydrogen-bond acceptors (Lipinski definition) is 4. The number of carbonyl (C=O) groups excluding carboxylic acids is 1. The van der Waals surface area contributed by atoms with E-state index in [1.165, 1.54) is 17.7 Å². The van der Waals surface area contributed by atoms with Crippen molar-refractivity contribution < 1.29 is 9.18 Å². The molecule has 0 radical (unpaired) electrons. The molecule has 1 amide bonds. The van der Waals surface area contributed by atoms with E-state index in [-0.39, 0.29) is 11.6 Å². The first-order chi connectivity index (χ1) is 18.2. The van der Waals surface area contributed by atoms with Crippen molar-refractivity contribution in [1.82, 2.24) is 14.9 Å². The molecule has 2 heterocycles. The maximum absolute atomic E-state index is 13.9. The average Bonchev–Trinajstić information content (AvgIpc) is 3.46. The molecule has 7 heteroatoms. The van der Waals surface area contributed by atoms with E-state index in [0.29, 0.717) is 11.7 Å². The van der Waals surface area contributed by atoms with Gasteiger partial charge in [-0.3, -0.25) is 4.79 Å². The zero-order valence-electron chi connectivity index (χ0n) is 20.8. The smallest absolute Gasteiger partial charge is 0.258 e. The van der Waals surface area contributed by atoms with Crippen LogP contribution >= 0.6 is 0 Å². The molecule has 4 aromatic rings. The zero-order chi connectivity index (χ0) is 25.5. The fraction of sp³-hybridized carbons (Fsp3) is 0.267. The Balaban J connectivity index is 1.15. The normalized spacial score (nSPS) is 14.9. The van der Waals surface area contributed by atoms with Crippen LogP contribution in [0.4, 0.5) is 15.8 Å². The molecule has 37 heavy (non-hydrogen) atoms. The summed E-state index contributed by atoms with van der Waals surface area (Å²) >= 11 is 0. The highest BCUT2D eigenvalue weighted by Crippen LogP contribution is 2.25. The maximum Gasteiger partial charge on any atom is 0.258 e. The van der Waals surface area contributed by atoms with E-state index in [1.807, 2.05) is 43.0 Å². The predicted molar refractivity (Wildman–Crippen MR) is 145 cm³/mol. The van der Waals surface area contributed by atoms with E-state index < -0.39 is 11.7 Å². The van der Waals surface area contributed by atoms with Crippen molar-refractivity contribution in [1.29, 1.82) is 0 Å². The Kier molecular flexibility index (Phi) is 7.91. The summed E-state index contributed by atoms with van der Waals surface area (Å²) in [7, 11) is 0. The van der Waals surface area contributed by atoms with Crippen molar-refractivity contribution in [2.45, 2.75) is 37.9 Å². The quantitative estimate of drug-likeness (QED) is 0.313. The largest absolute Gasteiger partial charge is 0.371 e. The van der Waals surface area contributed by atoms with E-state index in [9.17, 15) is 9.18 Å². The van der Waals surface area contributed by atoms with Crippen molar-refractivity contribution in [3.63, 3.8) is 0 Å². The van der Waals surface area contributed by atoms with Crippen LogP contribution in [-0.4, -0.2) is 34.6 Å². The molecule has 1 atom stereocenters. The fourth-order valence-electron chi connectivity index (χ4n) is 4.92. The number of halogens is 1. The molecule has 3 aromatic carbocycles. The van der Waals surface area contributed by atoms with Crippen molar-refractivity contribution in [2.75, 3.05) is 23.3 Å². The fourth-order valence-corrected chi connectivity index (χ4v) is 4.92. The second-order valence-corrected chi connectivity index (χ2v) is 9.46. The standard InChI is InChI=1S/C30H32FN5O/c31-28-9-5-4-8-27(28)30(37)34-24-10-12-26(13-11-24)36-19-14-25(15-20-36)33-29(23-6-2-1-3-7-23)16-18-35-21-17-32-22-35/h1-13,17,21-22,25,29,33H,14-16,18-20H2,(H,34,37). The van der Waals surface area contributed by atoms with Gasteiger partial charge in [0.1, 0.15) is 5.82 Å². The Hall–Kier alpha value is -3.97. The summed E-state index contributed by atoms with van der Waals surface area (Å²) in [5, 5.41) is 6.70. The van der Waals surface area contributed by atoms with Gasteiger partial charge in [-0.25, -0.2) is 9.37 Å². The summed E-state index contributed by atoms with van der Waals surface area (Å²) in [6, 6.07) is 25.2. The van der Waals surface area contributed by atoms with Crippen LogP contribution < -0.4 is 15.5 Å². The molecule has 0 aliphatic carbocycles. The first kappa shape index (κ1) is 24.7. The lowest BCUT2D eigenvalue weighted by Gasteiger charge is -2.36. The second-order valence-electron chi connectivity index (χ2n) is 9.46. The maximum atomic E-state index is 13.9. The van der Waals surface area contributed by atoms with E-state index >= 15 is 0 Å². The molecule has 0 spiro atoms. The number of anilines is 2. The first-order valence-corrected chi connectivity index (χ1v) is 12.8. The number of aryl methyl sites for hydroxylation is 1. The lowest BCUT2D eigenvalue weighted by Crippen LogP contribution is -2.44. The minimum Gasteiger partial charge on any atom is -0.371 e. The minimum absolute atomic E-state index is 0.0416. The Labute approximate surface area is 217 Å². The lowest BCUT2D eigenvalue weighted by atomic mass is 9.98. The van der Waals surface area contributed by atoms with Crippen molar-refractivity contribution in [2.24, 2.45) is 0 Å². The van der Waals surface area contributed by atoms with E-state index in [4.69, 9.17) is 0 Å². The van der Waals surface area contributed by atoms with Gasteiger partial charge in [0.15, 0.2) is 0 Å². The number of nitrogens with one attached hydrogen (secondary N) is 2. The zero-order valence-corrected chi connectivity index (χ0v) is 20.8. The highest BCUT2D eigenvalue weighted by atomic mass is 19.1. The minimum atomic E-state index is -0.524. The number of amides is 1. The van der Waals surface area contributed by atoms with Gasteiger partial charge in [-0.2, -0.15) is 0 Å². The highest BCUT2D eigenvalue weighted by molar-refractivity contribution is 6.04. The molecule has 0 saturated carbocycles. The van der Waals surface area contributed by atoms with E-state index in [2.05, 4.69) is 55.4 Å². The predicted octanol–water partition coefficient (Wildman–Crippen LogP) is 5.66. The van der Waals surface area contributed by atoms with E-state index in [1.54, 1.807) is 12.1 Å². The van der Waals surface area contributed by atoms with Crippen LogP contribution in [0.5, 0.6) is 0 Å². The second kappa shape index (κ2) is 11.8. The molecule has 2 N–H and O–H groups in total. The third-order valence-corrected chi connectivity index (χ3v) is 6.98. The van der Waals surface area contributed by atoms with E-state index in [0.717, 1.165) is 44.6 Å². The monoisotopic (exact) mass is 497 g/mol. The Morgan fingerprint density at radius 2 is 1.70 bits per heavy atom. The van der Waals surface area contributed by atoms with Crippen LogP contribution in [0.2, 0.25) is 0 Å². The lowest BCUT2D eigenvalue weighted by molar-refractivity contribution is 0.102. The SMILES string of the molecule is O=C(Nc1ccc(N2CCC(NC(CCn3ccnc3)c3ccccc3)CC2)cc1)c1ccccc1F. The third kappa shape index (κ3) is 6.43. The van der Waals surface area contributed by atoms with Crippen LogP contribution in [0.25, 0.3) is 0 Å². The van der Waals surface area contributed by atoms with Gasteiger partial charge in [0.05, 0.1) is 11.9 Å². The molecule has 1 aliphatic heterocycles. The summed E-state index contributed by atoms with van der Waals surface area (Å²) in [6.45, 7) is 2.84. The molecule has 1 fully saturated rings. The molecule has 5 rings (SSSR count). The molecular weight excluding hydrogens is 465 g/mol. The van der Waals surface area contributed by atoms with Gasteiger partial charge in [0.25, 0.3) is 5.91 Å². The summed E-state index contributed by atoms with van der Waals surface area (Å²) < 4.78 is 16.0. The third-order valence-electron chi connectivity index (χ3n) is 6.98. The number of nitrogens with zero attached hydrogens (tertiary/aromatic N) is 3. The molecule has 1 unspecified atom stereocenters. The van der Waals surface area contributed by atoms with Crippen LogP contribution in [0.3, 0.4) is 0 Å². The van der Waals surface area contributed by atoms with Gasteiger partial charge in [-0.15, -0.1) is 0 Å². The average molecular weight is 498 g/mol. The van der Waals surface area contributed by atoms with Crippen molar-refractivity contribution in [3.8, 4) is 0 Å². The van der Waals surface area contributed by atoms with Gasteiger partial charge >= 0.3 is 0 Å². The van der Waals surface area contributed by atoms with Gasteiger partial charge in [-0.05, 0) is 61.2 Å². The summed E-state index contributed by atoms with van der Waals surface area (Å²) in [5.41, 5.74) is 3.14. The molecule has 1 aliphatic rings. The Bertz CT molecular complexity index is 1270. The Morgan fingerprint density at radius 1 is 0.973 bits per heavy atom. The molecule has 1 aromatic heterocycles. The topological polar surface area (TPSA) is 62.2 Å².